The fourth-order valence-electron chi connectivity index (χ4n) is 2.83. The Bertz CT molecular complexity index is 852. The molecule has 24 heavy (non-hydrogen) atoms. The number of nitrogens with zero attached hydrogens (tertiary/aromatic N) is 1. The van der Waals surface area contributed by atoms with Gasteiger partial charge in [0.1, 0.15) is 0 Å². The first-order valence-electron chi connectivity index (χ1n) is 7.75. The first-order chi connectivity index (χ1) is 11.8. The maximum absolute atomic E-state index is 5.28. The molecule has 4 heteroatoms. The van der Waals surface area contributed by atoms with Crippen molar-refractivity contribution in [1.29, 1.82) is 0 Å². The van der Waals surface area contributed by atoms with E-state index < -0.39 is 0 Å². The molecule has 0 radical (unpaired) electrons. The molecule has 3 heterocycles. The molecule has 0 saturated carbocycles. The molecule has 0 aliphatic heterocycles. The first-order valence-corrected chi connectivity index (χ1v) is 11.4. The molecule has 0 unspecified atom stereocenters. The van der Waals surface area contributed by atoms with Crippen LogP contribution in [-0.4, -0.2) is 40.7 Å². The molecule has 0 amide bonds. The maximum atomic E-state index is 5.28. The van der Waals surface area contributed by atoms with Gasteiger partial charge in [-0.05, 0) is 0 Å². The Morgan fingerprint density at radius 2 is 1.38 bits per heavy atom. The van der Waals surface area contributed by atoms with Gasteiger partial charge in [-0.25, -0.2) is 0 Å². The third-order valence-corrected chi connectivity index (χ3v) is 7.77. The second kappa shape index (κ2) is 7.04. The summed E-state index contributed by atoms with van der Waals surface area (Å²) in [6.45, 7) is 0.891. The zero-order chi connectivity index (χ0) is 16.4. The van der Waals surface area contributed by atoms with Crippen LogP contribution in [0, 0.1) is 0 Å². The topological polar surface area (TPSA) is 14.2 Å². The van der Waals surface area contributed by atoms with Crippen molar-refractivity contribution in [3.8, 4) is 26.0 Å². The van der Waals surface area contributed by atoms with Crippen LogP contribution in [0.4, 0.5) is 0 Å². The predicted octanol–water partition coefficient (Wildman–Crippen LogP) is 3.99. The standard InChI is InChI=1S/C20H17NOSe2/c1-22-16-8-6-15(7-9-16)14-21-17(19-4-2-12-23-19)10-11-18(21)20-5-3-13-24-20/h2-13H,14H2,1H3. The molecule has 0 aliphatic rings. The van der Waals surface area contributed by atoms with Crippen LogP contribution in [0.3, 0.4) is 0 Å². The fraction of sp³-hybridized carbons (Fsp3) is 0.100. The molecule has 0 N–H and O–H groups in total. The Kier molecular flexibility index (Phi) is 4.64. The zero-order valence-electron chi connectivity index (χ0n) is 13.3. The summed E-state index contributed by atoms with van der Waals surface area (Å²) in [5, 5.41) is 0. The minimum absolute atomic E-state index is 0.445. The van der Waals surface area contributed by atoms with Crippen LogP contribution in [0.5, 0.6) is 5.75 Å². The van der Waals surface area contributed by atoms with Gasteiger partial charge >= 0.3 is 154 Å². The molecule has 2 nitrogen and oxygen atoms in total. The van der Waals surface area contributed by atoms with Crippen molar-refractivity contribution in [3.63, 3.8) is 0 Å². The minimum atomic E-state index is 0.445. The molecule has 0 aliphatic carbocycles. The summed E-state index contributed by atoms with van der Waals surface area (Å²) in [6.07, 6.45) is 0. The number of hydrogen-bond donors (Lipinski definition) is 0. The van der Waals surface area contributed by atoms with Gasteiger partial charge in [-0.2, -0.15) is 0 Å². The summed E-state index contributed by atoms with van der Waals surface area (Å²) in [7, 11) is 1.71. The molecular formula is C20H17NOSe2. The van der Waals surface area contributed by atoms with Crippen LogP contribution in [-0.2, 0) is 6.54 Å². The van der Waals surface area contributed by atoms with Crippen LogP contribution < -0.4 is 4.74 Å². The molecule has 3 aromatic heterocycles. The quantitative estimate of drug-likeness (QED) is 0.424. The van der Waals surface area contributed by atoms with E-state index >= 15 is 0 Å². The van der Waals surface area contributed by atoms with E-state index in [-0.39, 0.29) is 0 Å². The number of aromatic nitrogens is 1. The molecule has 120 valence electrons. The SMILES string of the molecule is COc1ccc(Cn2c(-c3ccc[se]3)ccc2-c2ccc[se]2)cc1. The third kappa shape index (κ3) is 3.11. The molecular weight excluding hydrogens is 428 g/mol. The summed E-state index contributed by atoms with van der Waals surface area (Å²) >= 11 is 0.890. The van der Waals surface area contributed by atoms with E-state index in [4.69, 9.17) is 4.74 Å². The van der Waals surface area contributed by atoms with Crippen molar-refractivity contribution in [2.24, 2.45) is 0 Å². The van der Waals surface area contributed by atoms with Crippen LogP contribution in [0.15, 0.2) is 70.5 Å². The second-order valence-electron chi connectivity index (χ2n) is 5.49. The Labute approximate surface area is 153 Å². The van der Waals surface area contributed by atoms with Gasteiger partial charge < -0.3 is 0 Å². The third-order valence-electron chi connectivity index (χ3n) is 4.03. The summed E-state index contributed by atoms with van der Waals surface area (Å²) in [5.41, 5.74) is 4.01. The molecule has 1 aromatic carbocycles. The molecule has 4 aromatic rings. The van der Waals surface area contributed by atoms with E-state index in [1.807, 2.05) is 12.1 Å². The van der Waals surface area contributed by atoms with Gasteiger partial charge in [0.15, 0.2) is 0 Å². The van der Waals surface area contributed by atoms with Crippen molar-refractivity contribution >= 4 is 29.0 Å². The van der Waals surface area contributed by atoms with Gasteiger partial charge in [-0.1, -0.05) is 0 Å². The normalized spacial score (nSPS) is 10.9. The molecule has 0 saturated heterocycles. The Hall–Kier alpha value is -1.70. The van der Waals surface area contributed by atoms with Crippen LogP contribution in [0.1, 0.15) is 5.56 Å². The van der Waals surface area contributed by atoms with Crippen LogP contribution in [0.25, 0.3) is 20.3 Å². The fourth-order valence-corrected chi connectivity index (χ4v) is 6.02. The average molecular weight is 445 g/mol. The average Bonchev–Trinajstić information content (AvgIpc) is 3.36. The summed E-state index contributed by atoms with van der Waals surface area (Å²) in [6, 6.07) is 21.9. The molecule has 0 fully saturated rings. The summed E-state index contributed by atoms with van der Waals surface area (Å²) in [4.78, 5) is 4.57. The van der Waals surface area contributed by atoms with Crippen LogP contribution >= 0.6 is 0 Å². The van der Waals surface area contributed by atoms with E-state index in [1.165, 1.54) is 25.8 Å². The molecule has 0 atom stereocenters. The van der Waals surface area contributed by atoms with E-state index in [0.717, 1.165) is 12.3 Å². The molecule has 0 spiro atoms. The Balaban J connectivity index is 1.77. The Morgan fingerprint density at radius 1 is 0.792 bits per heavy atom. The van der Waals surface area contributed by atoms with Gasteiger partial charge in [-0.3, -0.25) is 0 Å². The zero-order valence-corrected chi connectivity index (χ0v) is 16.7. The molecule has 4 rings (SSSR count). The summed E-state index contributed by atoms with van der Waals surface area (Å²) in [5.74, 6) is 0.906. The number of rotatable bonds is 5. The van der Waals surface area contributed by atoms with Crippen LogP contribution in [0.2, 0.25) is 0 Å². The van der Waals surface area contributed by atoms with Gasteiger partial charge in [0.2, 0.25) is 0 Å². The second-order valence-corrected chi connectivity index (χ2v) is 9.47. The number of ether oxygens (including phenoxy) is 1. The van der Waals surface area contributed by atoms with E-state index in [0.29, 0.717) is 29.0 Å². The van der Waals surface area contributed by atoms with Crippen molar-refractivity contribution < 1.29 is 4.74 Å². The molecule has 0 bridgehead atoms. The first kappa shape index (κ1) is 15.8. The Morgan fingerprint density at radius 3 is 1.83 bits per heavy atom. The van der Waals surface area contributed by atoms with E-state index in [2.05, 4.69) is 63.0 Å². The number of benzene rings is 1. The van der Waals surface area contributed by atoms with Gasteiger partial charge in [0.05, 0.1) is 0 Å². The van der Waals surface area contributed by atoms with Crippen molar-refractivity contribution in [2.75, 3.05) is 7.11 Å². The van der Waals surface area contributed by atoms with Gasteiger partial charge in [0, 0.05) is 0 Å². The van der Waals surface area contributed by atoms with E-state index in [1.54, 1.807) is 7.11 Å². The monoisotopic (exact) mass is 447 g/mol. The van der Waals surface area contributed by atoms with Crippen molar-refractivity contribution in [1.82, 2.24) is 4.57 Å². The predicted molar refractivity (Wildman–Crippen MR) is 101 cm³/mol. The van der Waals surface area contributed by atoms with E-state index in [9.17, 15) is 0 Å². The number of methoxy groups -OCH3 is 1. The van der Waals surface area contributed by atoms with Crippen molar-refractivity contribution in [3.05, 3.63) is 76.1 Å². The summed E-state index contributed by atoms with van der Waals surface area (Å²) < 4.78 is 10.7. The van der Waals surface area contributed by atoms with Gasteiger partial charge in [0.25, 0.3) is 0 Å². The van der Waals surface area contributed by atoms with Crippen molar-refractivity contribution in [2.45, 2.75) is 6.54 Å². The number of hydrogen-bond acceptors (Lipinski definition) is 1. The van der Waals surface area contributed by atoms with Gasteiger partial charge in [-0.15, -0.1) is 0 Å².